The van der Waals surface area contributed by atoms with Crippen LogP contribution in [0.2, 0.25) is 10.0 Å². The van der Waals surface area contributed by atoms with Crippen LogP contribution in [0, 0.1) is 0 Å². The van der Waals surface area contributed by atoms with E-state index in [-0.39, 0.29) is 5.78 Å². The lowest BCUT2D eigenvalue weighted by atomic mass is 10.0. The molecular weight excluding hydrogens is 281 g/mol. The number of rotatable bonds is 3. The first-order chi connectivity index (χ1) is 8.99. The minimum atomic E-state index is -0.0673. The van der Waals surface area contributed by atoms with Gasteiger partial charge in [-0.25, -0.2) is 0 Å². The minimum Gasteiger partial charge on any atom is -0.378 e. The van der Waals surface area contributed by atoms with Crippen molar-refractivity contribution in [2.24, 2.45) is 0 Å². The molecule has 0 fully saturated rings. The van der Waals surface area contributed by atoms with E-state index in [1.165, 1.54) is 0 Å². The molecule has 0 amide bonds. The molecule has 0 saturated heterocycles. The van der Waals surface area contributed by atoms with Gasteiger partial charge in [-0.2, -0.15) is 0 Å². The summed E-state index contributed by atoms with van der Waals surface area (Å²) in [5.74, 6) is -0.0673. The lowest BCUT2D eigenvalue weighted by Crippen LogP contribution is -2.10. The Morgan fingerprint density at radius 2 is 1.63 bits per heavy atom. The average Bonchev–Trinajstić information content (AvgIpc) is 2.41. The van der Waals surface area contributed by atoms with Gasteiger partial charge >= 0.3 is 0 Å². The van der Waals surface area contributed by atoms with Crippen molar-refractivity contribution in [1.29, 1.82) is 0 Å². The predicted molar refractivity (Wildman–Crippen MR) is 80.7 cm³/mol. The van der Waals surface area contributed by atoms with E-state index in [1.54, 1.807) is 24.3 Å². The first-order valence-electron chi connectivity index (χ1n) is 5.76. The van der Waals surface area contributed by atoms with E-state index in [1.807, 2.05) is 37.2 Å². The second-order valence-electron chi connectivity index (χ2n) is 4.40. The Morgan fingerprint density at radius 1 is 0.947 bits per heavy atom. The van der Waals surface area contributed by atoms with Crippen LogP contribution in [0.5, 0.6) is 0 Å². The highest BCUT2D eigenvalue weighted by Crippen LogP contribution is 2.24. The third-order valence-electron chi connectivity index (χ3n) is 2.81. The van der Waals surface area contributed by atoms with Crippen LogP contribution in [0.25, 0.3) is 0 Å². The molecule has 4 heteroatoms. The maximum absolute atomic E-state index is 12.4. The second-order valence-corrected chi connectivity index (χ2v) is 5.22. The van der Waals surface area contributed by atoms with Gasteiger partial charge < -0.3 is 4.90 Å². The number of ketones is 1. The van der Waals surface area contributed by atoms with Crippen molar-refractivity contribution in [2.45, 2.75) is 0 Å². The molecule has 0 aliphatic carbocycles. The van der Waals surface area contributed by atoms with E-state index in [9.17, 15) is 4.79 Å². The second kappa shape index (κ2) is 5.64. The molecule has 0 aliphatic rings. The Morgan fingerprint density at radius 3 is 2.26 bits per heavy atom. The summed E-state index contributed by atoms with van der Waals surface area (Å²) in [6.45, 7) is 0. The van der Waals surface area contributed by atoms with Gasteiger partial charge in [0.1, 0.15) is 0 Å². The Bertz CT molecular complexity index is 623. The molecule has 19 heavy (non-hydrogen) atoms. The highest BCUT2D eigenvalue weighted by molar-refractivity contribution is 6.42. The molecule has 0 atom stereocenters. The Hall–Kier alpha value is -1.51. The normalized spacial score (nSPS) is 10.3. The molecular formula is C15H13Cl2NO. The van der Waals surface area contributed by atoms with Gasteiger partial charge in [0.25, 0.3) is 0 Å². The Labute approximate surface area is 122 Å². The number of nitrogens with zero attached hydrogens (tertiary/aromatic N) is 1. The quantitative estimate of drug-likeness (QED) is 0.787. The van der Waals surface area contributed by atoms with Crippen LogP contribution in [0.15, 0.2) is 42.5 Å². The first-order valence-corrected chi connectivity index (χ1v) is 6.52. The van der Waals surface area contributed by atoms with Crippen molar-refractivity contribution in [1.82, 2.24) is 0 Å². The zero-order valence-corrected chi connectivity index (χ0v) is 12.2. The molecule has 2 nitrogen and oxygen atoms in total. The molecule has 2 aromatic carbocycles. The smallest absolute Gasteiger partial charge is 0.193 e. The molecule has 0 saturated carbocycles. The van der Waals surface area contributed by atoms with E-state index < -0.39 is 0 Å². The van der Waals surface area contributed by atoms with Gasteiger partial charge in [0, 0.05) is 30.9 Å². The van der Waals surface area contributed by atoms with Gasteiger partial charge in [-0.3, -0.25) is 4.79 Å². The van der Waals surface area contributed by atoms with Crippen molar-refractivity contribution in [3.63, 3.8) is 0 Å². The molecule has 2 rings (SSSR count). The predicted octanol–water partition coefficient (Wildman–Crippen LogP) is 4.29. The van der Waals surface area contributed by atoms with Crippen molar-refractivity contribution >= 4 is 34.7 Å². The summed E-state index contributed by atoms with van der Waals surface area (Å²) >= 11 is 11.8. The zero-order chi connectivity index (χ0) is 14.0. The number of halogens is 2. The van der Waals surface area contributed by atoms with E-state index in [4.69, 9.17) is 23.2 Å². The van der Waals surface area contributed by atoms with Crippen molar-refractivity contribution < 1.29 is 4.79 Å². The fourth-order valence-electron chi connectivity index (χ4n) is 1.73. The molecule has 0 aliphatic heterocycles. The van der Waals surface area contributed by atoms with E-state index in [2.05, 4.69) is 0 Å². The van der Waals surface area contributed by atoms with Gasteiger partial charge in [0.05, 0.1) is 10.0 Å². The Kier molecular flexibility index (Phi) is 4.13. The van der Waals surface area contributed by atoms with Crippen LogP contribution in [0.1, 0.15) is 15.9 Å². The summed E-state index contributed by atoms with van der Waals surface area (Å²) in [4.78, 5) is 14.3. The van der Waals surface area contributed by atoms with E-state index >= 15 is 0 Å². The van der Waals surface area contributed by atoms with Gasteiger partial charge in [-0.15, -0.1) is 0 Å². The molecule has 0 radical (unpaired) electrons. The summed E-state index contributed by atoms with van der Waals surface area (Å²) in [6.07, 6.45) is 0. The summed E-state index contributed by atoms with van der Waals surface area (Å²) in [7, 11) is 3.87. The largest absolute Gasteiger partial charge is 0.378 e. The molecule has 0 N–H and O–H groups in total. The molecule has 0 spiro atoms. The van der Waals surface area contributed by atoms with Crippen LogP contribution in [0.4, 0.5) is 5.69 Å². The average molecular weight is 294 g/mol. The van der Waals surface area contributed by atoms with Crippen molar-refractivity contribution in [3.05, 3.63) is 63.6 Å². The fourth-order valence-corrected chi connectivity index (χ4v) is 2.03. The van der Waals surface area contributed by atoms with Gasteiger partial charge in [-0.1, -0.05) is 35.3 Å². The molecule has 2 aromatic rings. The van der Waals surface area contributed by atoms with Gasteiger partial charge in [0.15, 0.2) is 5.78 Å². The van der Waals surface area contributed by atoms with Gasteiger partial charge in [-0.05, 0) is 30.3 Å². The third-order valence-corrected chi connectivity index (χ3v) is 3.55. The number of benzene rings is 2. The van der Waals surface area contributed by atoms with Gasteiger partial charge in [0.2, 0.25) is 0 Å². The highest BCUT2D eigenvalue weighted by atomic mass is 35.5. The number of carbonyl (C=O) groups excluding carboxylic acids is 1. The number of anilines is 1. The number of carbonyl (C=O) groups is 1. The molecule has 98 valence electrons. The summed E-state index contributed by atoms with van der Waals surface area (Å²) in [6, 6.07) is 12.4. The summed E-state index contributed by atoms with van der Waals surface area (Å²) < 4.78 is 0. The minimum absolute atomic E-state index is 0.0673. The van der Waals surface area contributed by atoms with Crippen LogP contribution in [0.3, 0.4) is 0 Å². The SMILES string of the molecule is CN(C)c1cccc(C(=O)c2ccc(Cl)c(Cl)c2)c1. The van der Waals surface area contributed by atoms with E-state index in [0.717, 1.165) is 5.69 Å². The van der Waals surface area contributed by atoms with E-state index in [0.29, 0.717) is 21.2 Å². The van der Waals surface area contributed by atoms with Crippen molar-refractivity contribution in [2.75, 3.05) is 19.0 Å². The topological polar surface area (TPSA) is 20.3 Å². The molecule has 0 aromatic heterocycles. The molecule has 0 unspecified atom stereocenters. The first kappa shape index (κ1) is 13.9. The van der Waals surface area contributed by atoms with Crippen molar-refractivity contribution in [3.8, 4) is 0 Å². The van der Waals surface area contributed by atoms with Crippen LogP contribution >= 0.6 is 23.2 Å². The fraction of sp³-hybridized carbons (Fsp3) is 0.133. The highest BCUT2D eigenvalue weighted by Gasteiger charge is 2.11. The molecule has 0 bridgehead atoms. The third kappa shape index (κ3) is 3.09. The number of hydrogen-bond donors (Lipinski definition) is 0. The monoisotopic (exact) mass is 293 g/mol. The van der Waals surface area contributed by atoms with Crippen LogP contribution in [-0.4, -0.2) is 19.9 Å². The zero-order valence-electron chi connectivity index (χ0n) is 10.7. The Balaban J connectivity index is 2.38. The number of hydrogen-bond acceptors (Lipinski definition) is 2. The lowest BCUT2D eigenvalue weighted by Gasteiger charge is -2.13. The maximum Gasteiger partial charge on any atom is 0.193 e. The summed E-state index contributed by atoms with van der Waals surface area (Å²) in [5, 5.41) is 0.830. The molecule has 0 heterocycles. The van der Waals surface area contributed by atoms with Crippen LogP contribution in [-0.2, 0) is 0 Å². The summed E-state index contributed by atoms with van der Waals surface area (Å²) in [5.41, 5.74) is 2.14. The lowest BCUT2D eigenvalue weighted by molar-refractivity contribution is 0.103. The maximum atomic E-state index is 12.4. The standard InChI is InChI=1S/C15H13Cl2NO/c1-18(2)12-5-3-4-10(8-12)15(19)11-6-7-13(16)14(17)9-11/h3-9H,1-2H3. The van der Waals surface area contributed by atoms with Crippen LogP contribution < -0.4 is 4.90 Å².